The molecule has 0 aromatic heterocycles. The Hall–Kier alpha value is -0.900. The summed E-state index contributed by atoms with van der Waals surface area (Å²) in [5.41, 5.74) is 1.61. The van der Waals surface area contributed by atoms with E-state index in [0.29, 0.717) is 17.8 Å². The van der Waals surface area contributed by atoms with Crippen molar-refractivity contribution in [3.8, 4) is 0 Å². The Morgan fingerprint density at radius 3 is 2.33 bits per heavy atom. The van der Waals surface area contributed by atoms with Crippen molar-refractivity contribution in [3.63, 3.8) is 0 Å². The van der Waals surface area contributed by atoms with E-state index >= 15 is 0 Å². The highest BCUT2D eigenvalue weighted by atomic mass is 16.7. The second-order valence-corrected chi connectivity index (χ2v) is 11.3. The molecular weight excluding hydrogens is 372 g/mol. The molecule has 1 heterocycles. The largest absolute Gasteiger partial charge is 0.392 e. The van der Waals surface area contributed by atoms with Crippen LogP contribution in [0.3, 0.4) is 0 Å². The molecule has 0 radical (unpaired) electrons. The summed E-state index contributed by atoms with van der Waals surface area (Å²) in [7, 11) is 0. The predicted octanol–water partition coefficient (Wildman–Crippen LogP) is 5.80. The van der Waals surface area contributed by atoms with Crippen molar-refractivity contribution in [2.45, 2.75) is 83.5 Å². The number of aliphatic hydroxyl groups excluding tert-OH is 1. The van der Waals surface area contributed by atoms with Gasteiger partial charge in [-0.05, 0) is 74.5 Å². The summed E-state index contributed by atoms with van der Waals surface area (Å²) in [5, 5.41) is 11.2. The second kappa shape index (κ2) is 7.05. The molecule has 0 amide bonds. The van der Waals surface area contributed by atoms with Crippen LogP contribution in [0, 0.1) is 34.0 Å². The molecule has 5 aliphatic rings. The third-order valence-electron chi connectivity index (χ3n) is 10.4. The Balaban J connectivity index is 1.53. The third kappa shape index (κ3) is 2.49. The molecule has 1 saturated heterocycles. The van der Waals surface area contributed by atoms with Crippen molar-refractivity contribution in [2.75, 3.05) is 13.2 Å². The van der Waals surface area contributed by atoms with Crippen LogP contribution in [0.1, 0.15) is 71.6 Å². The zero-order valence-electron chi connectivity index (χ0n) is 19.0. The minimum Gasteiger partial charge on any atom is -0.392 e. The Morgan fingerprint density at radius 2 is 1.67 bits per heavy atom. The van der Waals surface area contributed by atoms with E-state index in [2.05, 4.69) is 33.1 Å². The number of rotatable bonds is 4. The van der Waals surface area contributed by atoms with Gasteiger partial charge in [0.05, 0.1) is 19.3 Å². The van der Waals surface area contributed by atoms with E-state index in [1.807, 2.05) is 12.2 Å². The van der Waals surface area contributed by atoms with Gasteiger partial charge in [0.2, 0.25) is 0 Å². The number of fused-ring (bicyclic) bond motifs is 6. The number of aliphatic hydroxyl groups is 1. The monoisotopic (exact) mass is 412 g/mol. The molecule has 0 aromatic rings. The van der Waals surface area contributed by atoms with Crippen LogP contribution < -0.4 is 0 Å². The van der Waals surface area contributed by atoms with Crippen LogP contribution >= 0.6 is 0 Å². The van der Waals surface area contributed by atoms with Gasteiger partial charge in [0.15, 0.2) is 5.79 Å². The fraction of sp³-hybridized carbons (Fsp3) is 0.778. The lowest BCUT2D eigenvalue weighted by Crippen LogP contribution is -2.57. The number of hydrogen-bond donors (Lipinski definition) is 1. The molecule has 2 unspecified atom stereocenters. The van der Waals surface area contributed by atoms with E-state index in [4.69, 9.17) is 9.47 Å². The van der Waals surface area contributed by atoms with Crippen LogP contribution in [0.15, 0.2) is 37.0 Å². The van der Waals surface area contributed by atoms with Crippen LogP contribution in [-0.4, -0.2) is 30.2 Å². The van der Waals surface area contributed by atoms with Gasteiger partial charge in [0.25, 0.3) is 0 Å². The average molecular weight is 413 g/mol. The SMILES string of the molecule is C=CCC1(CC=C)C2=CCC3[C@H](CC[C@@]4(C)[C@H]3CCC43OCCO3)[C@@]2(C)CCC1O. The molecule has 0 bridgehead atoms. The van der Waals surface area contributed by atoms with E-state index in [1.54, 1.807) is 0 Å². The second-order valence-electron chi connectivity index (χ2n) is 11.3. The fourth-order valence-corrected chi connectivity index (χ4v) is 9.05. The Kier molecular flexibility index (Phi) is 4.93. The molecule has 6 atom stereocenters. The molecule has 3 nitrogen and oxygen atoms in total. The first-order valence-electron chi connectivity index (χ1n) is 12.3. The normalized spacial score (nSPS) is 45.9. The third-order valence-corrected chi connectivity index (χ3v) is 10.4. The van der Waals surface area contributed by atoms with Gasteiger partial charge in [-0.2, -0.15) is 0 Å². The summed E-state index contributed by atoms with van der Waals surface area (Å²) in [6.45, 7) is 14.6. The molecule has 30 heavy (non-hydrogen) atoms. The summed E-state index contributed by atoms with van der Waals surface area (Å²) in [6.07, 6.45) is 15.8. The maximum atomic E-state index is 11.2. The maximum absolute atomic E-state index is 11.2. The molecule has 0 aromatic carbocycles. The first-order chi connectivity index (χ1) is 14.4. The topological polar surface area (TPSA) is 38.7 Å². The quantitative estimate of drug-likeness (QED) is 0.593. The van der Waals surface area contributed by atoms with Crippen molar-refractivity contribution in [1.29, 1.82) is 0 Å². The molecule has 4 fully saturated rings. The van der Waals surface area contributed by atoms with Crippen LogP contribution in [0.25, 0.3) is 0 Å². The fourth-order valence-electron chi connectivity index (χ4n) is 9.05. The van der Waals surface area contributed by atoms with Crippen LogP contribution in [0.2, 0.25) is 0 Å². The molecule has 3 saturated carbocycles. The molecule has 1 N–H and O–H groups in total. The lowest BCUT2D eigenvalue weighted by atomic mass is 9.43. The predicted molar refractivity (Wildman–Crippen MR) is 120 cm³/mol. The smallest absolute Gasteiger partial charge is 0.174 e. The Morgan fingerprint density at radius 1 is 1.00 bits per heavy atom. The van der Waals surface area contributed by atoms with Crippen molar-refractivity contribution in [3.05, 3.63) is 37.0 Å². The lowest BCUT2D eigenvalue weighted by Gasteiger charge is -2.62. The number of allylic oxidation sites excluding steroid dienone is 3. The van der Waals surface area contributed by atoms with Gasteiger partial charge in [-0.1, -0.05) is 37.6 Å². The highest BCUT2D eigenvalue weighted by Crippen LogP contribution is 2.70. The molecule has 166 valence electrons. The molecule has 5 rings (SSSR count). The minimum absolute atomic E-state index is 0.139. The van der Waals surface area contributed by atoms with Crippen molar-refractivity contribution < 1.29 is 14.6 Å². The molecule has 4 aliphatic carbocycles. The van der Waals surface area contributed by atoms with Gasteiger partial charge >= 0.3 is 0 Å². The Bertz CT molecular complexity index is 737. The average Bonchev–Trinajstić information content (AvgIpc) is 3.32. The van der Waals surface area contributed by atoms with Gasteiger partial charge in [0, 0.05) is 17.3 Å². The zero-order valence-corrected chi connectivity index (χ0v) is 19.0. The summed E-state index contributed by atoms with van der Waals surface area (Å²) in [5.74, 6) is 1.73. The van der Waals surface area contributed by atoms with E-state index in [9.17, 15) is 5.11 Å². The van der Waals surface area contributed by atoms with Gasteiger partial charge < -0.3 is 14.6 Å². The van der Waals surface area contributed by atoms with Crippen molar-refractivity contribution >= 4 is 0 Å². The van der Waals surface area contributed by atoms with Crippen molar-refractivity contribution in [1.82, 2.24) is 0 Å². The lowest BCUT2D eigenvalue weighted by molar-refractivity contribution is -0.242. The molecule has 1 spiro atoms. The van der Waals surface area contributed by atoms with Gasteiger partial charge in [-0.15, -0.1) is 13.2 Å². The van der Waals surface area contributed by atoms with Gasteiger partial charge in [-0.3, -0.25) is 0 Å². The molecular formula is C27H40O3. The summed E-state index contributed by atoms with van der Waals surface area (Å²) in [6, 6.07) is 0. The molecule has 3 heteroatoms. The van der Waals surface area contributed by atoms with Crippen LogP contribution in [0.4, 0.5) is 0 Å². The number of hydrogen-bond acceptors (Lipinski definition) is 3. The standard InChI is InChI=1S/C27H40O3/c1-5-12-26(13-6-2)22-8-7-19-20(24(22,3)14-11-23(26)28)9-15-25(4)21(19)10-16-27(25)29-17-18-30-27/h5-6,8,19-21,23,28H,1-2,7,9-18H2,3-4H3/t19?,20-,21-,23?,24+,25-/m0/s1. The highest BCUT2D eigenvalue weighted by molar-refractivity contribution is 5.34. The first kappa shape index (κ1) is 21.0. The van der Waals surface area contributed by atoms with E-state index in [1.165, 1.54) is 24.8 Å². The zero-order chi connectivity index (χ0) is 21.2. The summed E-state index contributed by atoms with van der Waals surface area (Å²) < 4.78 is 12.6. The maximum Gasteiger partial charge on any atom is 0.174 e. The molecule has 1 aliphatic heterocycles. The Labute approximate surface area is 182 Å². The van der Waals surface area contributed by atoms with Crippen LogP contribution in [0.5, 0.6) is 0 Å². The van der Waals surface area contributed by atoms with E-state index < -0.39 is 0 Å². The summed E-state index contributed by atoms with van der Waals surface area (Å²) in [4.78, 5) is 0. The first-order valence-corrected chi connectivity index (χ1v) is 12.3. The van der Waals surface area contributed by atoms with E-state index in [0.717, 1.165) is 51.7 Å². The minimum atomic E-state index is -0.328. The van der Waals surface area contributed by atoms with Crippen LogP contribution in [-0.2, 0) is 9.47 Å². The summed E-state index contributed by atoms with van der Waals surface area (Å²) >= 11 is 0. The van der Waals surface area contributed by atoms with Crippen molar-refractivity contribution in [2.24, 2.45) is 34.0 Å². The van der Waals surface area contributed by atoms with E-state index in [-0.39, 0.29) is 28.1 Å². The highest BCUT2D eigenvalue weighted by Gasteiger charge is 2.67. The van der Waals surface area contributed by atoms with Gasteiger partial charge in [0.1, 0.15) is 0 Å². The number of ether oxygens (including phenoxy) is 2. The van der Waals surface area contributed by atoms with Gasteiger partial charge in [-0.25, -0.2) is 0 Å².